The van der Waals surface area contributed by atoms with Crippen LogP contribution in [0.5, 0.6) is 0 Å². The predicted molar refractivity (Wildman–Crippen MR) is 67.5 cm³/mol. The maximum Gasteiger partial charge on any atom is 0.151 e. The van der Waals surface area contributed by atoms with Gasteiger partial charge >= 0.3 is 0 Å². The molecule has 1 unspecified atom stereocenters. The van der Waals surface area contributed by atoms with Crippen LogP contribution in [-0.2, 0) is 11.2 Å². The number of likely N-dealkylation sites (N-methyl/N-ethyl adjacent to an activating group) is 1. The topological polar surface area (TPSA) is 29.1 Å². The second-order valence-electron chi connectivity index (χ2n) is 4.67. The molecule has 16 heavy (non-hydrogen) atoms. The van der Waals surface area contributed by atoms with Crippen LogP contribution < -0.4 is 5.32 Å². The van der Waals surface area contributed by atoms with E-state index in [0.29, 0.717) is 5.92 Å². The molecular formula is C14H21NO. The van der Waals surface area contributed by atoms with Gasteiger partial charge in [0, 0.05) is 0 Å². The molecule has 0 fully saturated rings. The van der Waals surface area contributed by atoms with Crippen molar-refractivity contribution in [2.24, 2.45) is 5.92 Å². The van der Waals surface area contributed by atoms with Gasteiger partial charge in [0.2, 0.25) is 0 Å². The summed E-state index contributed by atoms with van der Waals surface area (Å²) in [4.78, 5) is 11.4. The normalized spacial score (nSPS) is 12.8. The summed E-state index contributed by atoms with van der Waals surface area (Å²) in [6, 6.07) is 8.14. The van der Waals surface area contributed by atoms with Gasteiger partial charge in [-0.1, -0.05) is 38.1 Å². The fourth-order valence-electron chi connectivity index (χ4n) is 1.92. The van der Waals surface area contributed by atoms with Crippen molar-refractivity contribution in [1.29, 1.82) is 0 Å². The molecule has 0 aliphatic rings. The maximum atomic E-state index is 11.4. The van der Waals surface area contributed by atoms with Gasteiger partial charge in [-0.05, 0) is 37.4 Å². The van der Waals surface area contributed by atoms with Gasteiger partial charge in [0.15, 0.2) is 5.78 Å². The molecule has 0 aliphatic heterocycles. The first-order chi connectivity index (χ1) is 7.54. The first-order valence-corrected chi connectivity index (χ1v) is 5.81. The lowest BCUT2D eigenvalue weighted by Gasteiger charge is -2.14. The summed E-state index contributed by atoms with van der Waals surface area (Å²) in [6.45, 7) is 6.03. The number of Topliss-reactive ketones (excluding diaryl/α,β-unsaturated/α-hetero) is 1. The Balaban J connectivity index is 2.81. The molecule has 0 saturated carbocycles. The Morgan fingerprint density at radius 2 is 1.81 bits per heavy atom. The van der Waals surface area contributed by atoms with Gasteiger partial charge in [0.1, 0.15) is 0 Å². The summed E-state index contributed by atoms with van der Waals surface area (Å²) in [6.07, 6.45) is 1.09. The molecule has 0 amide bonds. The van der Waals surface area contributed by atoms with Crippen molar-refractivity contribution in [3.05, 3.63) is 35.4 Å². The lowest BCUT2D eigenvalue weighted by atomic mass is 9.98. The summed E-state index contributed by atoms with van der Waals surface area (Å²) in [7, 11) is 1.81. The predicted octanol–water partition coefficient (Wildman–Crippen LogP) is 2.73. The summed E-state index contributed by atoms with van der Waals surface area (Å²) in [5, 5.41) is 3.03. The molecule has 2 heteroatoms. The Morgan fingerprint density at radius 3 is 2.19 bits per heavy atom. The molecular weight excluding hydrogens is 198 g/mol. The molecule has 0 heterocycles. The van der Waals surface area contributed by atoms with Crippen LogP contribution in [0.25, 0.3) is 0 Å². The standard InChI is InChI=1S/C14H21NO/c1-10(2)9-12-5-7-13(8-6-12)14(15-4)11(3)16/h5-8,10,14-15H,9H2,1-4H3. The number of benzene rings is 1. The molecule has 1 atom stereocenters. The third-order valence-electron chi connectivity index (χ3n) is 2.65. The van der Waals surface area contributed by atoms with Crippen molar-refractivity contribution in [3.8, 4) is 0 Å². The highest BCUT2D eigenvalue weighted by molar-refractivity contribution is 5.82. The van der Waals surface area contributed by atoms with Gasteiger partial charge < -0.3 is 5.32 Å². The minimum absolute atomic E-state index is 0.152. The average molecular weight is 219 g/mol. The summed E-state index contributed by atoms with van der Waals surface area (Å²) in [5.41, 5.74) is 2.37. The summed E-state index contributed by atoms with van der Waals surface area (Å²) >= 11 is 0. The molecule has 0 aromatic heterocycles. The maximum absolute atomic E-state index is 11.4. The zero-order valence-corrected chi connectivity index (χ0v) is 10.6. The summed E-state index contributed by atoms with van der Waals surface area (Å²) < 4.78 is 0. The second-order valence-corrected chi connectivity index (χ2v) is 4.67. The van der Waals surface area contributed by atoms with E-state index in [-0.39, 0.29) is 11.8 Å². The number of nitrogens with one attached hydrogen (secondary N) is 1. The minimum atomic E-state index is -0.173. The molecule has 0 aliphatic carbocycles. The zero-order valence-electron chi connectivity index (χ0n) is 10.6. The minimum Gasteiger partial charge on any atom is -0.307 e. The van der Waals surface area contributed by atoms with E-state index in [9.17, 15) is 4.79 Å². The van der Waals surface area contributed by atoms with E-state index in [1.807, 2.05) is 19.2 Å². The monoisotopic (exact) mass is 219 g/mol. The Bertz CT molecular complexity index is 340. The van der Waals surface area contributed by atoms with Gasteiger partial charge in [-0.15, -0.1) is 0 Å². The lowest BCUT2D eigenvalue weighted by molar-refractivity contribution is -0.119. The van der Waals surface area contributed by atoms with Crippen LogP contribution in [0.4, 0.5) is 0 Å². The molecule has 0 saturated heterocycles. The van der Waals surface area contributed by atoms with Crippen LogP contribution in [0.3, 0.4) is 0 Å². The number of carbonyl (C=O) groups is 1. The van der Waals surface area contributed by atoms with Gasteiger partial charge in [0.25, 0.3) is 0 Å². The van der Waals surface area contributed by atoms with Crippen molar-refractivity contribution in [2.45, 2.75) is 33.2 Å². The molecule has 88 valence electrons. The van der Waals surface area contributed by atoms with E-state index in [1.54, 1.807) is 6.92 Å². The van der Waals surface area contributed by atoms with Gasteiger partial charge in [-0.2, -0.15) is 0 Å². The first kappa shape index (κ1) is 12.9. The molecule has 1 aromatic rings. The largest absolute Gasteiger partial charge is 0.307 e. The van der Waals surface area contributed by atoms with Crippen LogP contribution in [0.15, 0.2) is 24.3 Å². The van der Waals surface area contributed by atoms with Crippen LogP contribution in [-0.4, -0.2) is 12.8 Å². The van der Waals surface area contributed by atoms with Crippen molar-refractivity contribution >= 4 is 5.78 Å². The SMILES string of the molecule is CNC(C(C)=O)c1ccc(CC(C)C)cc1. The van der Waals surface area contributed by atoms with E-state index in [2.05, 4.69) is 31.3 Å². The highest BCUT2D eigenvalue weighted by Crippen LogP contribution is 2.16. The third kappa shape index (κ3) is 3.46. The van der Waals surface area contributed by atoms with Crippen molar-refractivity contribution in [1.82, 2.24) is 5.32 Å². The van der Waals surface area contributed by atoms with Gasteiger partial charge in [-0.3, -0.25) is 4.79 Å². The Morgan fingerprint density at radius 1 is 1.25 bits per heavy atom. The molecule has 2 nitrogen and oxygen atoms in total. The van der Waals surface area contributed by atoms with E-state index < -0.39 is 0 Å². The number of hydrogen-bond donors (Lipinski definition) is 1. The summed E-state index contributed by atoms with van der Waals surface area (Å²) in [5.74, 6) is 0.817. The van der Waals surface area contributed by atoms with Crippen LogP contribution in [0, 0.1) is 5.92 Å². The van der Waals surface area contributed by atoms with E-state index >= 15 is 0 Å². The molecule has 0 spiro atoms. The van der Waals surface area contributed by atoms with Crippen molar-refractivity contribution in [2.75, 3.05) is 7.05 Å². The fraction of sp³-hybridized carbons (Fsp3) is 0.500. The number of rotatable bonds is 5. The Kier molecular flexibility index (Phi) is 4.69. The van der Waals surface area contributed by atoms with Crippen molar-refractivity contribution < 1.29 is 4.79 Å². The van der Waals surface area contributed by atoms with Crippen LogP contribution in [0.2, 0.25) is 0 Å². The Labute approximate surface area is 98.1 Å². The fourth-order valence-corrected chi connectivity index (χ4v) is 1.92. The zero-order chi connectivity index (χ0) is 12.1. The molecule has 0 radical (unpaired) electrons. The molecule has 1 N–H and O–H groups in total. The highest BCUT2D eigenvalue weighted by Gasteiger charge is 2.13. The van der Waals surface area contributed by atoms with E-state index in [1.165, 1.54) is 5.56 Å². The van der Waals surface area contributed by atoms with Crippen LogP contribution in [0.1, 0.15) is 37.9 Å². The van der Waals surface area contributed by atoms with Crippen LogP contribution >= 0.6 is 0 Å². The number of hydrogen-bond acceptors (Lipinski definition) is 2. The third-order valence-corrected chi connectivity index (χ3v) is 2.65. The smallest absolute Gasteiger partial charge is 0.151 e. The molecule has 1 rings (SSSR count). The number of ketones is 1. The Hall–Kier alpha value is -1.15. The molecule has 1 aromatic carbocycles. The lowest BCUT2D eigenvalue weighted by Crippen LogP contribution is -2.23. The highest BCUT2D eigenvalue weighted by atomic mass is 16.1. The van der Waals surface area contributed by atoms with Gasteiger partial charge in [-0.25, -0.2) is 0 Å². The first-order valence-electron chi connectivity index (χ1n) is 5.81. The van der Waals surface area contributed by atoms with Crippen molar-refractivity contribution in [3.63, 3.8) is 0 Å². The number of carbonyl (C=O) groups excluding carboxylic acids is 1. The van der Waals surface area contributed by atoms with E-state index in [0.717, 1.165) is 12.0 Å². The average Bonchev–Trinajstić information content (AvgIpc) is 2.20. The quantitative estimate of drug-likeness (QED) is 0.825. The van der Waals surface area contributed by atoms with Gasteiger partial charge in [0.05, 0.1) is 6.04 Å². The molecule has 0 bridgehead atoms. The van der Waals surface area contributed by atoms with E-state index in [4.69, 9.17) is 0 Å². The second kappa shape index (κ2) is 5.80.